The zero-order valence-electron chi connectivity index (χ0n) is 19.7. The number of fused-ring (bicyclic) bond motifs is 3. The first-order valence-electron chi connectivity index (χ1n) is 11.3. The number of imidazole rings is 1. The van der Waals surface area contributed by atoms with E-state index in [0.717, 1.165) is 29.4 Å². The average molecular weight is 441 g/mol. The van der Waals surface area contributed by atoms with Crippen molar-refractivity contribution in [3.05, 3.63) is 53.1 Å². The highest BCUT2D eigenvalue weighted by Gasteiger charge is 2.55. The molecule has 3 heterocycles. The van der Waals surface area contributed by atoms with E-state index in [1.54, 1.807) is 6.07 Å². The second kappa shape index (κ2) is 6.24. The smallest absolute Gasteiger partial charge is 0.216 e. The van der Waals surface area contributed by atoms with Crippen LogP contribution in [0.5, 0.6) is 0 Å². The number of hydrogen-bond acceptors (Lipinski definition) is 1. The van der Waals surface area contributed by atoms with E-state index in [0.29, 0.717) is 22.4 Å². The van der Waals surface area contributed by atoms with Gasteiger partial charge in [0, 0.05) is 29.0 Å². The third-order valence-corrected chi connectivity index (χ3v) is 8.01. The molecule has 3 nitrogen and oxygen atoms in total. The van der Waals surface area contributed by atoms with Gasteiger partial charge in [0.1, 0.15) is 11.4 Å². The summed E-state index contributed by atoms with van der Waals surface area (Å²) >= 11 is 0. The fourth-order valence-electron chi connectivity index (χ4n) is 5.82. The second-order valence-corrected chi connectivity index (χ2v) is 10.6. The zero-order chi connectivity index (χ0) is 23.4. The monoisotopic (exact) mass is 440 g/mol. The van der Waals surface area contributed by atoms with Gasteiger partial charge >= 0.3 is 0 Å². The van der Waals surface area contributed by atoms with Crippen molar-refractivity contribution >= 4 is 27.6 Å². The van der Waals surface area contributed by atoms with Crippen LogP contribution in [0, 0.1) is 17.5 Å². The van der Waals surface area contributed by atoms with E-state index in [1.807, 2.05) is 25.2 Å². The maximum absolute atomic E-state index is 14.9. The molecule has 0 radical (unpaired) electrons. The summed E-state index contributed by atoms with van der Waals surface area (Å²) in [5, 5.41) is 0.853. The molecular weight excluding hydrogens is 411 g/mol. The number of nitrogens with zero attached hydrogens (tertiary/aromatic N) is 3. The summed E-state index contributed by atoms with van der Waals surface area (Å²) < 4.78 is 48.2. The maximum Gasteiger partial charge on any atom is 0.299 e. The van der Waals surface area contributed by atoms with Gasteiger partial charge in [-0.2, -0.15) is 4.40 Å². The van der Waals surface area contributed by atoms with Gasteiger partial charge in [0.15, 0.2) is 22.7 Å². The van der Waals surface area contributed by atoms with Crippen LogP contribution in [0.15, 0.2) is 24.3 Å². The molecule has 0 amide bonds. The Hall–Kier alpha value is -2.63. The minimum absolute atomic E-state index is 0.316. The molecule has 32 heavy (non-hydrogen) atoms. The van der Waals surface area contributed by atoms with Gasteiger partial charge in [-0.25, -0.2) is 22.7 Å². The van der Waals surface area contributed by atoms with E-state index in [4.69, 9.17) is 4.98 Å². The van der Waals surface area contributed by atoms with Gasteiger partial charge in [-0.3, -0.25) is 0 Å². The van der Waals surface area contributed by atoms with Crippen molar-refractivity contribution in [3.8, 4) is 0 Å². The number of hydrogen-bond donors (Lipinski definition) is 0. The van der Waals surface area contributed by atoms with Gasteiger partial charge in [0.2, 0.25) is 5.82 Å². The maximum atomic E-state index is 14.9. The van der Waals surface area contributed by atoms with E-state index in [2.05, 4.69) is 32.3 Å². The molecule has 2 aromatic carbocycles. The molecule has 2 aromatic heterocycles. The highest BCUT2D eigenvalue weighted by Crippen LogP contribution is 2.50. The van der Waals surface area contributed by atoms with Crippen LogP contribution in [0.25, 0.3) is 27.6 Å². The molecule has 2 atom stereocenters. The molecule has 0 fully saturated rings. The van der Waals surface area contributed by atoms with Crippen molar-refractivity contribution in [2.75, 3.05) is 0 Å². The van der Waals surface area contributed by atoms with Crippen molar-refractivity contribution < 1.29 is 17.7 Å². The van der Waals surface area contributed by atoms with E-state index in [-0.39, 0.29) is 5.82 Å². The predicted octanol–water partition coefficient (Wildman–Crippen LogP) is 6.45. The van der Waals surface area contributed by atoms with Crippen LogP contribution >= 0.6 is 0 Å². The lowest BCUT2D eigenvalue weighted by Crippen LogP contribution is -2.66. The molecule has 2 unspecified atom stereocenters. The van der Waals surface area contributed by atoms with E-state index >= 15 is 0 Å². The number of rotatable bonds is 2. The van der Waals surface area contributed by atoms with E-state index in [1.165, 1.54) is 18.2 Å². The van der Waals surface area contributed by atoms with E-state index < -0.39 is 28.0 Å². The lowest BCUT2D eigenvalue weighted by atomic mass is 9.62. The van der Waals surface area contributed by atoms with Crippen LogP contribution in [0.2, 0.25) is 0 Å². The Morgan fingerprint density at radius 3 is 2.22 bits per heavy atom. The number of benzene rings is 2. The minimum Gasteiger partial charge on any atom is -0.216 e. The molecule has 5 rings (SSSR count). The first kappa shape index (κ1) is 21.2. The Morgan fingerprint density at radius 2 is 1.62 bits per heavy atom. The van der Waals surface area contributed by atoms with Crippen LogP contribution in [-0.4, -0.2) is 9.38 Å². The summed E-state index contributed by atoms with van der Waals surface area (Å²) in [6, 6.07) is 5.67. The molecule has 168 valence electrons. The van der Waals surface area contributed by atoms with Crippen LogP contribution in [0.1, 0.15) is 72.7 Å². The van der Waals surface area contributed by atoms with Crippen molar-refractivity contribution in [1.82, 2.24) is 9.38 Å². The van der Waals surface area contributed by atoms with Crippen molar-refractivity contribution in [2.24, 2.45) is 0 Å². The first-order valence-corrected chi connectivity index (χ1v) is 11.3. The summed E-state index contributed by atoms with van der Waals surface area (Å²) in [4.78, 5) is 4.91. The van der Waals surface area contributed by atoms with Crippen LogP contribution in [0.3, 0.4) is 0 Å². The Balaban J connectivity index is 2.22. The Bertz CT molecular complexity index is 1450. The number of aromatic nitrogens is 3. The molecule has 4 aromatic rings. The Kier molecular flexibility index (Phi) is 4.14. The molecule has 1 aliphatic heterocycles. The largest absolute Gasteiger partial charge is 0.299 e. The first-order chi connectivity index (χ1) is 14.9. The van der Waals surface area contributed by atoms with Crippen LogP contribution in [0.4, 0.5) is 13.2 Å². The molecule has 0 spiro atoms. The highest BCUT2D eigenvalue weighted by atomic mass is 19.2. The minimum atomic E-state index is -0.890. The van der Waals surface area contributed by atoms with Crippen LogP contribution in [-0.2, 0) is 16.4 Å². The SMILES string of the molecule is CCC1(C)c2cc(F)cc3nc(C(C)(C)C)n4c5cc(F)c(F)cc5[n+](c4c23)C1(C)CC. The molecule has 0 saturated heterocycles. The summed E-state index contributed by atoms with van der Waals surface area (Å²) in [6.07, 6.45) is 1.49. The summed E-state index contributed by atoms with van der Waals surface area (Å²) in [5.41, 5.74) is 2.16. The lowest BCUT2D eigenvalue weighted by Gasteiger charge is -2.46. The molecule has 0 saturated carbocycles. The summed E-state index contributed by atoms with van der Waals surface area (Å²) in [5.74, 6) is -1.40. The van der Waals surface area contributed by atoms with Gasteiger partial charge < -0.3 is 0 Å². The van der Waals surface area contributed by atoms with Gasteiger partial charge in [0.25, 0.3) is 5.65 Å². The third kappa shape index (κ3) is 2.33. The molecule has 1 aliphatic rings. The fourth-order valence-corrected chi connectivity index (χ4v) is 5.82. The lowest BCUT2D eigenvalue weighted by molar-refractivity contribution is -0.728. The summed E-state index contributed by atoms with van der Waals surface area (Å²) in [7, 11) is 0. The molecular formula is C26H29F3N3+. The van der Waals surface area contributed by atoms with Crippen LogP contribution < -0.4 is 4.57 Å². The van der Waals surface area contributed by atoms with Gasteiger partial charge in [-0.05, 0) is 31.4 Å². The topological polar surface area (TPSA) is 21.2 Å². The van der Waals surface area contributed by atoms with Gasteiger partial charge in [-0.15, -0.1) is 0 Å². The average Bonchev–Trinajstić information content (AvgIpc) is 3.04. The Morgan fingerprint density at radius 1 is 0.969 bits per heavy atom. The van der Waals surface area contributed by atoms with Gasteiger partial charge in [-0.1, -0.05) is 41.5 Å². The second-order valence-electron chi connectivity index (χ2n) is 10.6. The van der Waals surface area contributed by atoms with Crippen molar-refractivity contribution in [3.63, 3.8) is 0 Å². The molecule has 0 N–H and O–H groups in total. The summed E-state index contributed by atoms with van der Waals surface area (Å²) in [6.45, 7) is 14.6. The molecule has 0 aliphatic carbocycles. The molecule has 6 heteroatoms. The third-order valence-electron chi connectivity index (χ3n) is 8.01. The van der Waals surface area contributed by atoms with Crippen molar-refractivity contribution in [2.45, 2.75) is 77.7 Å². The van der Waals surface area contributed by atoms with Crippen molar-refractivity contribution in [1.29, 1.82) is 0 Å². The zero-order valence-corrected chi connectivity index (χ0v) is 19.7. The van der Waals surface area contributed by atoms with E-state index in [9.17, 15) is 13.2 Å². The quantitative estimate of drug-likeness (QED) is 0.328. The number of halogens is 3. The van der Waals surface area contributed by atoms with Gasteiger partial charge in [0.05, 0.1) is 10.9 Å². The fraction of sp³-hybridized carbons (Fsp3) is 0.462. The highest BCUT2D eigenvalue weighted by molar-refractivity contribution is 5.98. The predicted molar refractivity (Wildman–Crippen MR) is 121 cm³/mol. The normalized spacial score (nSPS) is 23.2. The Labute approximate surface area is 185 Å². The standard InChI is InChI=1S/C26H29F3N3/c1-8-25(6)15-10-14(27)11-18-21(15)22-31(23(30-18)24(3,4)5)19-12-16(28)17(29)13-20(19)32(22)26(25,7)9-2/h10-13H,8-9H2,1-7H3/q+1. The molecule has 0 bridgehead atoms.